The number of Topliss-reactive ketones (excluding diaryl/α,β-unsaturated/α-hetero) is 1. The van der Waals surface area contributed by atoms with Gasteiger partial charge in [-0.15, -0.1) is 0 Å². The lowest BCUT2D eigenvalue weighted by Gasteiger charge is -2.46. The number of ketones is 1. The summed E-state index contributed by atoms with van der Waals surface area (Å²) in [7, 11) is -2.46. The smallest absolute Gasteiger partial charge is 0.395 e. The largest absolute Gasteiger partial charge is 0.497 e. The molecule has 4 aliphatic heterocycles. The van der Waals surface area contributed by atoms with Crippen LogP contribution in [0.5, 0.6) is 5.75 Å². The van der Waals surface area contributed by atoms with Crippen LogP contribution in [0.25, 0.3) is 16.6 Å². The lowest BCUT2D eigenvalue weighted by Crippen LogP contribution is -2.47. The van der Waals surface area contributed by atoms with Gasteiger partial charge < -0.3 is 19.7 Å². The SMILES string of the molecule is CC1(C)C2CCC1(CS(=O)(=O)O)C(=O)C2.COc1ccc([C@]2(CCN(Cc3ccc(C4=CC[C@H](C(=O)N5CCC(Nc6ccc7c8c6CCCn8c(=O)n7[C@@H]6CCC(=O)NC6=O)CC5)CC4)c(F)c3)CC(C)(C)C(F)(F)F)CCOC(C)(C)C2)cc1. The first kappa shape index (κ1) is 63.1. The maximum Gasteiger partial charge on any atom is 0.395 e. The van der Waals surface area contributed by atoms with E-state index in [0.717, 1.165) is 72.2 Å². The summed E-state index contributed by atoms with van der Waals surface area (Å²) in [6, 6.07) is 16.2. The number of allylic oxidation sites excluding steroid dienone is 2. The Bertz CT molecular complexity index is 3470. The summed E-state index contributed by atoms with van der Waals surface area (Å²) in [5.74, 6) is -0.680. The lowest BCUT2D eigenvalue weighted by molar-refractivity contribution is -0.217. The van der Waals surface area contributed by atoms with Crippen LogP contribution >= 0.6 is 0 Å². The van der Waals surface area contributed by atoms with Gasteiger partial charge in [-0.2, -0.15) is 21.6 Å². The molecular weight excluding hydrogens is 1130 g/mol. The van der Waals surface area contributed by atoms with Crippen molar-refractivity contribution in [3.63, 3.8) is 0 Å². The number of piperidine rings is 2. The molecule has 2 unspecified atom stereocenters. The quantitative estimate of drug-likeness (QED) is 0.0546. The Hall–Kier alpha value is -5.90. The molecule has 5 atom stereocenters. The van der Waals surface area contributed by atoms with E-state index >= 15 is 4.39 Å². The number of imidazole rings is 1. The van der Waals surface area contributed by atoms with Crippen molar-refractivity contribution in [2.75, 3.05) is 51.0 Å². The van der Waals surface area contributed by atoms with Crippen molar-refractivity contribution >= 4 is 55.9 Å². The first-order valence-corrected chi connectivity index (χ1v) is 32.2. The lowest BCUT2D eigenvalue weighted by atomic mass is 9.67. The molecule has 468 valence electrons. The maximum atomic E-state index is 16.1. The summed E-state index contributed by atoms with van der Waals surface area (Å²) < 4.78 is 105. The molecule has 3 aromatic carbocycles. The van der Waals surface area contributed by atoms with Crippen LogP contribution in [-0.2, 0) is 59.0 Å². The number of nitrogens with zero attached hydrogens (tertiary/aromatic N) is 4. The van der Waals surface area contributed by atoms with Gasteiger partial charge in [-0.1, -0.05) is 44.2 Å². The number of hydrogen-bond donors (Lipinski definition) is 3. The molecule has 4 aromatic rings. The standard InChI is InChI=1S/C55H68F4N6O6.C10H16O4S/c1-52(2,55(57,58)59)34-62(29-24-54(25-30-71-53(3,4)33-54)38-13-15-40(70-5)16-14-38)32-35-8-17-41(43(56)31-35)36-9-11-37(12-10-36)50(68)63-27-22-39(23-28-63)60-44-18-19-45-48-42(44)7-6-26-64(48)51(69)65(45)46-20-21-47(66)61-49(46)67;1-9(2)7-3-4-10(9,8(11)5-7)6-15(12,13)14/h8-9,13-19,31,37,39,46,60H,6-7,10-12,20-30,32-34H2,1-5H3,(H,61,66,67);7H,3-6H2,1-2H3,(H,12,13,14)/t37-,46+,54+;/m0./s1. The second kappa shape index (κ2) is 23.9. The highest BCUT2D eigenvalue weighted by atomic mass is 32.2. The van der Waals surface area contributed by atoms with E-state index in [4.69, 9.17) is 14.0 Å². The van der Waals surface area contributed by atoms with Gasteiger partial charge in [-0.25, -0.2) is 9.18 Å². The van der Waals surface area contributed by atoms with E-state index in [1.807, 2.05) is 72.2 Å². The van der Waals surface area contributed by atoms with Crippen LogP contribution in [0, 0.1) is 33.9 Å². The average molecular weight is 1220 g/mol. The highest BCUT2D eigenvalue weighted by Gasteiger charge is 2.65. The van der Waals surface area contributed by atoms with Crippen LogP contribution in [0.1, 0.15) is 160 Å². The van der Waals surface area contributed by atoms with Gasteiger partial charge in [-0.05, 0) is 176 Å². The summed E-state index contributed by atoms with van der Waals surface area (Å²) in [6.45, 7) is 13.0. The van der Waals surface area contributed by atoms with Crippen molar-refractivity contribution < 1.29 is 59.2 Å². The summed E-state index contributed by atoms with van der Waals surface area (Å²) in [6.07, 6.45) is 6.68. The molecule has 3 amide bonds. The Labute approximate surface area is 501 Å². The molecule has 86 heavy (non-hydrogen) atoms. The van der Waals surface area contributed by atoms with E-state index in [9.17, 15) is 45.6 Å². The fourth-order valence-electron chi connectivity index (χ4n) is 15.6. The van der Waals surface area contributed by atoms with Gasteiger partial charge in [0.1, 0.15) is 23.4 Å². The third-order valence-corrected chi connectivity index (χ3v) is 21.5. The number of carbonyl (C=O) groups excluding carboxylic acids is 4. The van der Waals surface area contributed by atoms with Gasteiger partial charge in [0, 0.05) is 86.4 Å². The van der Waals surface area contributed by atoms with Crippen molar-refractivity contribution in [3.8, 4) is 5.75 Å². The van der Waals surface area contributed by atoms with Gasteiger partial charge in [-0.3, -0.25) is 43.1 Å². The third-order valence-electron chi connectivity index (χ3n) is 20.7. The van der Waals surface area contributed by atoms with Gasteiger partial charge in [0.15, 0.2) is 0 Å². The Morgan fingerprint density at radius 2 is 1.65 bits per heavy atom. The van der Waals surface area contributed by atoms with E-state index in [2.05, 4.69) is 24.5 Å². The Balaban J connectivity index is 0.000000474. The van der Waals surface area contributed by atoms with Crippen molar-refractivity contribution in [1.29, 1.82) is 0 Å². The van der Waals surface area contributed by atoms with Gasteiger partial charge in [0.2, 0.25) is 17.7 Å². The van der Waals surface area contributed by atoms with Crippen LogP contribution < -0.4 is 21.1 Å². The van der Waals surface area contributed by atoms with Crippen molar-refractivity contribution in [2.45, 2.75) is 180 Å². The fourth-order valence-corrected chi connectivity index (χ4v) is 16.9. The number of amides is 3. The molecule has 16 nitrogen and oxygen atoms in total. The summed E-state index contributed by atoms with van der Waals surface area (Å²) in [5.41, 5.74) is 2.39. The minimum atomic E-state index is -4.44. The van der Waals surface area contributed by atoms with Gasteiger partial charge in [0.05, 0.1) is 40.3 Å². The number of hydrogen-bond acceptors (Lipinski definition) is 11. The second-order valence-corrected chi connectivity index (χ2v) is 28.8. The molecule has 0 spiro atoms. The molecule has 3 aliphatic carbocycles. The number of alkyl halides is 3. The normalized spacial score (nSPS) is 25.9. The average Bonchev–Trinajstić information content (AvgIpc) is 1.62. The molecular formula is C65H84F4N6O10S. The molecule has 11 rings (SSSR count). The van der Waals surface area contributed by atoms with E-state index in [-0.39, 0.29) is 77.9 Å². The highest BCUT2D eigenvalue weighted by Crippen LogP contribution is 2.64. The van der Waals surface area contributed by atoms with Crippen molar-refractivity contribution in [3.05, 3.63) is 99.2 Å². The number of halogens is 4. The number of benzene rings is 3. The molecule has 3 saturated heterocycles. The van der Waals surface area contributed by atoms with Crippen LogP contribution in [0.3, 0.4) is 0 Å². The number of likely N-dealkylation sites (tertiary alicyclic amines) is 1. The van der Waals surface area contributed by atoms with E-state index < -0.39 is 56.2 Å². The van der Waals surface area contributed by atoms with Crippen LogP contribution in [0.4, 0.5) is 23.2 Å². The van der Waals surface area contributed by atoms with E-state index in [1.54, 1.807) is 22.3 Å². The number of carbonyl (C=O) groups is 4. The zero-order valence-electron chi connectivity index (χ0n) is 50.7. The number of aromatic nitrogens is 2. The van der Waals surface area contributed by atoms with Gasteiger partial charge in [0.25, 0.3) is 10.1 Å². The Morgan fingerprint density at radius 3 is 2.26 bits per heavy atom. The number of aryl methyl sites for hydroxylation is 2. The number of rotatable bonds is 16. The predicted octanol–water partition coefficient (Wildman–Crippen LogP) is 10.7. The molecule has 7 aliphatic rings. The number of nitrogens with one attached hydrogen (secondary N) is 2. The monoisotopic (exact) mass is 1220 g/mol. The molecule has 2 saturated carbocycles. The third kappa shape index (κ3) is 12.6. The maximum absolute atomic E-state index is 16.1. The number of fused-ring (bicyclic) bond motifs is 2. The van der Waals surface area contributed by atoms with E-state index in [0.29, 0.717) is 94.4 Å². The highest BCUT2D eigenvalue weighted by molar-refractivity contribution is 7.85. The minimum absolute atomic E-state index is 0.0152. The van der Waals surface area contributed by atoms with Gasteiger partial charge >= 0.3 is 11.9 Å². The summed E-state index contributed by atoms with van der Waals surface area (Å²) >= 11 is 0. The molecule has 2 bridgehead atoms. The van der Waals surface area contributed by atoms with Crippen LogP contribution in [0.2, 0.25) is 0 Å². The van der Waals surface area contributed by atoms with Crippen LogP contribution in [0.15, 0.2) is 65.5 Å². The fraction of sp³-hybridized carbons (Fsp3) is 0.615. The number of imide groups is 1. The molecule has 5 fully saturated rings. The number of methoxy groups -OCH3 is 1. The molecule has 0 radical (unpaired) electrons. The zero-order chi connectivity index (χ0) is 61.9. The Morgan fingerprint density at radius 1 is 0.919 bits per heavy atom. The second-order valence-electron chi connectivity index (χ2n) is 27.4. The first-order chi connectivity index (χ1) is 40.4. The van der Waals surface area contributed by atoms with E-state index in [1.165, 1.54) is 19.9 Å². The van der Waals surface area contributed by atoms with Crippen molar-refractivity contribution in [1.82, 2.24) is 24.3 Å². The topological polar surface area (TPSA) is 199 Å². The summed E-state index contributed by atoms with van der Waals surface area (Å²) in [5, 5.41) is 6.11. The summed E-state index contributed by atoms with van der Waals surface area (Å²) in [4.78, 5) is 67.8. The molecule has 3 N–H and O–H groups in total. The predicted molar refractivity (Wildman–Crippen MR) is 320 cm³/mol. The Kier molecular flexibility index (Phi) is 17.5. The molecule has 5 heterocycles. The minimum Gasteiger partial charge on any atom is -0.497 e. The first-order valence-electron chi connectivity index (χ1n) is 30.6. The van der Waals surface area contributed by atoms with Crippen molar-refractivity contribution in [2.24, 2.45) is 28.1 Å². The molecule has 1 aromatic heterocycles. The zero-order valence-corrected chi connectivity index (χ0v) is 51.5. The van der Waals surface area contributed by atoms with Crippen LogP contribution in [-0.4, -0.2) is 119 Å². The molecule has 21 heteroatoms. The number of anilines is 1. The number of ether oxygens (including phenoxy) is 2.